The number of ether oxygens (including phenoxy) is 2. The van der Waals surface area contributed by atoms with E-state index in [0.717, 1.165) is 90.9 Å². The monoisotopic (exact) mass is 1010 g/mol. The van der Waals surface area contributed by atoms with Crippen LogP contribution in [0.3, 0.4) is 0 Å². The largest absolute Gasteiger partial charge is 0.394 e. The van der Waals surface area contributed by atoms with Crippen LogP contribution in [0.1, 0.15) is 203 Å². The van der Waals surface area contributed by atoms with Gasteiger partial charge >= 0.3 is 6.18 Å². The number of nitrogens with two attached hydrogens (primary N) is 1. The molecule has 11 nitrogen and oxygen atoms in total. The zero-order valence-corrected chi connectivity index (χ0v) is 47.2. The van der Waals surface area contributed by atoms with Crippen LogP contribution in [0.4, 0.5) is 13.2 Å². The molecule has 5 aliphatic rings. The fourth-order valence-electron chi connectivity index (χ4n) is 11.5. The van der Waals surface area contributed by atoms with Crippen molar-refractivity contribution in [2.45, 2.75) is 246 Å². The van der Waals surface area contributed by atoms with E-state index in [2.05, 4.69) is 100 Å². The Morgan fingerprint density at radius 2 is 1.58 bits per heavy atom. The molecule has 3 saturated carbocycles. The zero-order valence-electron chi connectivity index (χ0n) is 47.2. The van der Waals surface area contributed by atoms with Gasteiger partial charge in [-0.2, -0.15) is 13.2 Å². The number of halogens is 3. The molecule has 14 heteroatoms. The number of alkyl halides is 3. The van der Waals surface area contributed by atoms with Gasteiger partial charge in [0.2, 0.25) is 12.3 Å². The summed E-state index contributed by atoms with van der Waals surface area (Å²) in [6.45, 7) is 22.6. The number of aliphatic hydroxyl groups excluding tert-OH is 1. The highest BCUT2D eigenvalue weighted by Gasteiger charge is 2.51. The minimum absolute atomic E-state index is 0.00586. The van der Waals surface area contributed by atoms with Gasteiger partial charge in [-0.15, -0.1) is 0 Å². The number of amides is 2. The number of likely N-dealkylation sites (N-methyl/N-ethyl adjacent to an activating group) is 1. The van der Waals surface area contributed by atoms with Gasteiger partial charge in [0.25, 0.3) is 0 Å². The van der Waals surface area contributed by atoms with Crippen LogP contribution in [-0.2, 0) is 19.1 Å². The van der Waals surface area contributed by atoms with Gasteiger partial charge in [-0.05, 0) is 146 Å². The zero-order chi connectivity index (χ0) is 53.3. The van der Waals surface area contributed by atoms with Gasteiger partial charge in [-0.25, -0.2) is 0 Å². The number of rotatable bonds is 18. The molecule has 0 bridgehead atoms. The molecule has 6 N–H and O–H groups in total. The average Bonchev–Trinajstić information content (AvgIpc) is 3.32. The van der Waals surface area contributed by atoms with E-state index in [0.29, 0.717) is 42.8 Å². The van der Waals surface area contributed by atoms with E-state index in [9.17, 15) is 23.1 Å². The summed E-state index contributed by atoms with van der Waals surface area (Å²) in [5, 5.41) is 18.7. The Kier molecular flexibility index (Phi) is 35.6. The Morgan fingerprint density at radius 3 is 2.14 bits per heavy atom. The van der Waals surface area contributed by atoms with Gasteiger partial charge in [-0.1, -0.05) is 112 Å². The average molecular weight is 1020 g/mol. The predicted molar refractivity (Wildman–Crippen MR) is 288 cm³/mol. The van der Waals surface area contributed by atoms with E-state index in [1.54, 1.807) is 7.05 Å². The standard InChI is InChI=1S/C43H78N4O4.C6H13N.C3H5F3.C3H8.C2H5NO/c1-7-8-9-10-22-43(40(44)16-13-21-42(43,4)5)29-33(3)15-14-23-45-37-20-17-32(2)26-39(37)51-25-12-11-24-50-36-19-18-34-27-35(31-48)46-41(49)30-47(6)38(34)28-36;1-7-5-3-2-4-6-7;1-2-3(4,5)6;1-3-2;1-3-2-4/h32-40,45,48H,7-13,16-31,44H2,1-6H3,(H,46,49);2-6H2,1H3;2H2,1H3;3H2,1-2H3;2H,1H3,(H,3,4). The number of carbonyl (C=O) groups excluding carboxylic acids is 2. The molecule has 418 valence electrons. The summed E-state index contributed by atoms with van der Waals surface area (Å²) in [4.78, 5) is 26.0. The maximum Gasteiger partial charge on any atom is 0.388 e. The SMILES string of the molecule is CCC.CCC(F)(F)F.CCCCCCC1(CC(C)C#CCNC2CCC(C)CC2OCCCCOC2CCC3CC(CO)NC(=O)CN(C)C3C2)C(N)CCCC1(C)C.CN1CCCCC1.CNC=O. The number of carbonyl (C=O) groups is 2. The predicted octanol–water partition coefficient (Wildman–Crippen LogP) is 10.7. The summed E-state index contributed by atoms with van der Waals surface area (Å²) in [7, 11) is 5.81. The topological polar surface area (TPSA) is 141 Å². The molecule has 2 heterocycles. The summed E-state index contributed by atoms with van der Waals surface area (Å²) in [5.74, 6) is 8.71. The highest BCUT2D eigenvalue weighted by molar-refractivity contribution is 5.78. The van der Waals surface area contributed by atoms with Gasteiger partial charge in [0, 0.05) is 50.7 Å². The molecule has 2 amide bonds. The number of hydrogen-bond acceptors (Lipinski definition) is 9. The highest BCUT2D eigenvalue weighted by Crippen LogP contribution is 2.56. The van der Waals surface area contributed by atoms with Gasteiger partial charge in [0.05, 0.1) is 37.9 Å². The molecule has 2 aliphatic heterocycles. The fourth-order valence-corrected chi connectivity index (χ4v) is 11.5. The molecule has 2 saturated heterocycles. The van der Waals surface area contributed by atoms with Crippen LogP contribution in [0.25, 0.3) is 0 Å². The molecule has 0 aromatic heterocycles. The molecular weight excluding hydrogens is 906 g/mol. The van der Waals surface area contributed by atoms with E-state index in [-0.39, 0.29) is 47.6 Å². The second kappa shape index (κ2) is 37.7. The van der Waals surface area contributed by atoms with Crippen molar-refractivity contribution >= 4 is 12.3 Å². The Bertz CT molecular complexity index is 1430. The summed E-state index contributed by atoms with van der Waals surface area (Å²) in [5.41, 5.74) is 7.42. The first-order chi connectivity index (χ1) is 33.8. The van der Waals surface area contributed by atoms with E-state index in [1.165, 1.54) is 90.1 Å². The van der Waals surface area contributed by atoms with Crippen molar-refractivity contribution in [3.63, 3.8) is 0 Å². The van der Waals surface area contributed by atoms with Crippen molar-refractivity contribution in [3.8, 4) is 11.8 Å². The number of aliphatic hydroxyl groups is 1. The normalized spacial score (nSPS) is 29.3. The highest BCUT2D eigenvalue weighted by atomic mass is 19.4. The van der Waals surface area contributed by atoms with E-state index in [4.69, 9.17) is 20.0 Å². The molecule has 3 aliphatic carbocycles. The smallest absolute Gasteiger partial charge is 0.388 e. The van der Waals surface area contributed by atoms with Crippen molar-refractivity contribution in [2.75, 3.05) is 67.1 Å². The van der Waals surface area contributed by atoms with Crippen LogP contribution in [0.5, 0.6) is 0 Å². The molecule has 5 rings (SSSR count). The van der Waals surface area contributed by atoms with Crippen LogP contribution in [0.2, 0.25) is 0 Å². The Labute approximate surface area is 433 Å². The Balaban J connectivity index is 0.00000105. The van der Waals surface area contributed by atoms with Crippen LogP contribution in [0.15, 0.2) is 0 Å². The Hall–Kier alpha value is -1.99. The first-order valence-corrected chi connectivity index (χ1v) is 28.4. The van der Waals surface area contributed by atoms with E-state index >= 15 is 0 Å². The Morgan fingerprint density at radius 1 is 0.930 bits per heavy atom. The molecule has 0 spiro atoms. The lowest BCUT2D eigenvalue weighted by molar-refractivity contribution is -0.130. The van der Waals surface area contributed by atoms with Crippen molar-refractivity contribution in [3.05, 3.63) is 0 Å². The molecule has 0 aromatic rings. The number of nitrogens with one attached hydrogen (secondary N) is 3. The van der Waals surface area contributed by atoms with Gasteiger partial charge in [0.15, 0.2) is 0 Å². The van der Waals surface area contributed by atoms with Crippen molar-refractivity contribution in [1.82, 2.24) is 25.8 Å². The number of unbranched alkanes of at least 4 members (excludes halogenated alkanes) is 4. The molecule has 10 unspecified atom stereocenters. The van der Waals surface area contributed by atoms with Crippen LogP contribution >= 0.6 is 0 Å². The quantitative estimate of drug-likeness (QED) is 0.0516. The van der Waals surface area contributed by atoms with E-state index in [1.807, 2.05) is 0 Å². The van der Waals surface area contributed by atoms with Crippen molar-refractivity contribution in [2.24, 2.45) is 34.3 Å². The third-order valence-corrected chi connectivity index (χ3v) is 15.7. The second-order valence-electron chi connectivity index (χ2n) is 22.5. The first kappa shape index (κ1) is 67.0. The summed E-state index contributed by atoms with van der Waals surface area (Å²) < 4.78 is 45.3. The van der Waals surface area contributed by atoms with Gasteiger partial charge in [-0.3, -0.25) is 14.5 Å². The van der Waals surface area contributed by atoms with Crippen molar-refractivity contribution in [1.29, 1.82) is 0 Å². The van der Waals surface area contributed by atoms with Gasteiger partial charge < -0.3 is 41.2 Å². The number of piperidine rings is 1. The number of hydrogen-bond donors (Lipinski definition) is 5. The molecule has 5 fully saturated rings. The van der Waals surface area contributed by atoms with Crippen LogP contribution < -0.4 is 21.7 Å². The second-order valence-corrected chi connectivity index (χ2v) is 22.5. The van der Waals surface area contributed by atoms with Crippen LogP contribution in [0, 0.1) is 40.4 Å². The van der Waals surface area contributed by atoms with Gasteiger partial charge in [0.1, 0.15) is 0 Å². The minimum Gasteiger partial charge on any atom is -0.394 e. The maximum absolute atomic E-state index is 12.3. The lowest BCUT2D eigenvalue weighted by Gasteiger charge is -2.55. The molecular formula is C57H109F3N6O5. The number of fused-ring (bicyclic) bond motifs is 1. The molecule has 71 heavy (non-hydrogen) atoms. The molecule has 10 atom stereocenters. The van der Waals surface area contributed by atoms with Crippen molar-refractivity contribution < 1.29 is 37.3 Å². The lowest BCUT2D eigenvalue weighted by atomic mass is 9.51. The third-order valence-electron chi connectivity index (χ3n) is 15.7. The van der Waals surface area contributed by atoms with Crippen LogP contribution in [-0.4, -0.2) is 137 Å². The number of likely N-dealkylation sites (tertiary alicyclic amines) is 1. The first-order valence-electron chi connectivity index (χ1n) is 28.4. The van der Waals surface area contributed by atoms with E-state index < -0.39 is 12.6 Å². The summed E-state index contributed by atoms with van der Waals surface area (Å²) in [6.07, 6.45) is 22.6. The summed E-state index contributed by atoms with van der Waals surface area (Å²) in [6, 6.07) is 0.841. The third kappa shape index (κ3) is 27.4. The number of nitrogens with zero attached hydrogens (tertiary/aromatic N) is 2. The maximum atomic E-state index is 12.3. The molecule has 0 aromatic carbocycles. The minimum atomic E-state index is -3.96. The fraction of sp³-hybridized carbons (Fsp3) is 0.930. The molecule has 0 radical (unpaired) electrons. The summed E-state index contributed by atoms with van der Waals surface area (Å²) >= 11 is 0. The lowest BCUT2D eigenvalue weighted by Crippen LogP contribution is -2.54.